The molecule has 0 saturated carbocycles. The summed E-state index contributed by atoms with van der Waals surface area (Å²) in [6.07, 6.45) is 0. The summed E-state index contributed by atoms with van der Waals surface area (Å²) < 4.78 is 0. The van der Waals surface area contributed by atoms with Crippen LogP contribution in [0.2, 0.25) is 0 Å². The first kappa shape index (κ1) is 12.5. The van der Waals surface area contributed by atoms with Crippen molar-refractivity contribution in [2.45, 2.75) is 33.6 Å². The van der Waals surface area contributed by atoms with Crippen molar-refractivity contribution in [1.82, 2.24) is 15.0 Å². The van der Waals surface area contributed by atoms with Gasteiger partial charge in [0.25, 0.3) is 5.56 Å². The lowest BCUT2D eigenvalue weighted by Crippen LogP contribution is -2.18. The molecule has 0 fully saturated rings. The average molecular weight is 243 g/mol. The zero-order valence-corrected chi connectivity index (χ0v) is 11.1. The van der Waals surface area contributed by atoms with Crippen LogP contribution in [0.25, 0.3) is 11.5 Å². The smallest absolute Gasteiger partial charge is 0.254 e. The summed E-state index contributed by atoms with van der Waals surface area (Å²) in [5.41, 5.74) is 3.04. The van der Waals surface area contributed by atoms with Crippen molar-refractivity contribution < 1.29 is 0 Å². The van der Waals surface area contributed by atoms with Crippen molar-refractivity contribution in [3.63, 3.8) is 0 Å². The lowest BCUT2D eigenvalue weighted by Gasteiger charge is -2.09. The Morgan fingerprint density at radius 3 is 2.44 bits per heavy atom. The monoisotopic (exact) mass is 243 g/mol. The Labute approximate surface area is 106 Å². The van der Waals surface area contributed by atoms with Gasteiger partial charge in [-0.25, -0.2) is 9.97 Å². The molecule has 0 bridgehead atoms. The molecule has 2 heterocycles. The third-order valence-electron chi connectivity index (χ3n) is 2.85. The van der Waals surface area contributed by atoms with Gasteiger partial charge in [-0.1, -0.05) is 19.9 Å². The van der Waals surface area contributed by atoms with Crippen LogP contribution >= 0.6 is 0 Å². The van der Waals surface area contributed by atoms with Crippen molar-refractivity contribution in [2.24, 2.45) is 0 Å². The SMILES string of the molecule is Cc1cccc(-c2nc(C)c(C(C)C)c(=O)[nH]2)n1. The summed E-state index contributed by atoms with van der Waals surface area (Å²) in [6.45, 7) is 7.76. The van der Waals surface area contributed by atoms with Crippen LogP contribution < -0.4 is 5.56 Å². The maximum absolute atomic E-state index is 12.0. The number of aryl methyl sites for hydroxylation is 2. The minimum absolute atomic E-state index is 0.0733. The van der Waals surface area contributed by atoms with E-state index in [4.69, 9.17) is 0 Å². The molecule has 1 N–H and O–H groups in total. The number of hydrogen-bond acceptors (Lipinski definition) is 3. The van der Waals surface area contributed by atoms with E-state index in [9.17, 15) is 4.79 Å². The lowest BCUT2D eigenvalue weighted by atomic mass is 10.0. The third kappa shape index (κ3) is 2.32. The molecular formula is C14H17N3O. The van der Waals surface area contributed by atoms with Crippen LogP contribution in [0.1, 0.15) is 36.7 Å². The van der Waals surface area contributed by atoms with Gasteiger partial charge in [-0.15, -0.1) is 0 Å². The third-order valence-corrected chi connectivity index (χ3v) is 2.85. The molecular weight excluding hydrogens is 226 g/mol. The molecule has 0 unspecified atom stereocenters. The van der Waals surface area contributed by atoms with Gasteiger partial charge < -0.3 is 4.98 Å². The zero-order chi connectivity index (χ0) is 13.3. The summed E-state index contributed by atoms with van der Waals surface area (Å²) in [6, 6.07) is 5.67. The van der Waals surface area contributed by atoms with Crippen LogP contribution in [0.5, 0.6) is 0 Å². The number of H-pyrrole nitrogens is 1. The highest BCUT2D eigenvalue weighted by atomic mass is 16.1. The normalized spacial score (nSPS) is 10.9. The fourth-order valence-corrected chi connectivity index (χ4v) is 2.07. The minimum Gasteiger partial charge on any atom is -0.305 e. The van der Waals surface area contributed by atoms with Crippen LogP contribution in [0.4, 0.5) is 0 Å². The molecule has 94 valence electrons. The van der Waals surface area contributed by atoms with E-state index in [0.717, 1.165) is 17.0 Å². The van der Waals surface area contributed by atoms with Gasteiger partial charge in [0.05, 0.1) is 0 Å². The van der Waals surface area contributed by atoms with Gasteiger partial charge in [0, 0.05) is 17.0 Å². The molecule has 0 radical (unpaired) electrons. The van der Waals surface area contributed by atoms with E-state index in [2.05, 4.69) is 15.0 Å². The predicted molar refractivity (Wildman–Crippen MR) is 71.7 cm³/mol. The van der Waals surface area contributed by atoms with Crippen LogP contribution in [-0.2, 0) is 0 Å². The molecule has 4 heteroatoms. The number of aromatic nitrogens is 3. The Balaban J connectivity index is 2.59. The topological polar surface area (TPSA) is 58.6 Å². The maximum Gasteiger partial charge on any atom is 0.254 e. The Kier molecular flexibility index (Phi) is 3.28. The predicted octanol–water partition coefficient (Wildman–Crippen LogP) is 2.57. The van der Waals surface area contributed by atoms with Crippen molar-refractivity contribution in [2.75, 3.05) is 0 Å². The highest BCUT2D eigenvalue weighted by Crippen LogP contribution is 2.16. The number of nitrogens with one attached hydrogen (secondary N) is 1. The van der Waals surface area contributed by atoms with Crippen LogP contribution in [0, 0.1) is 13.8 Å². The van der Waals surface area contributed by atoms with Crippen molar-refractivity contribution >= 4 is 0 Å². The lowest BCUT2D eigenvalue weighted by molar-refractivity contribution is 0.813. The van der Waals surface area contributed by atoms with E-state index in [1.807, 2.05) is 45.9 Å². The van der Waals surface area contributed by atoms with E-state index in [1.165, 1.54) is 0 Å². The van der Waals surface area contributed by atoms with Gasteiger partial charge in [-0.3, -0.25) is 4.79 Å². The first-order valence-electron chi connectivity index (χ1n) is 6.04. The molecule has 0 aliphatic rings. The second-order valence-electron chi connectivity index (χ2n) is 4.73. The van der Waals surface area contributed by atoms with E-state index < -0.39 is 0 Å². The largest absolute Gasteiger partial charge is 0.305 e. The van der Waals surface area contributed by atoms with E-state index >= 15 is 0 Å². The van der Waals surface area contributed by atoms with E-state index in [1.54, 1.807) is 0 Å². The molecule has 0 aromatic carbocycles. The van der Waals surface area contributed by atoms with Gasteiger partial charge >= 0.3 is 0 Å². The number of pyridine rings is 1. The van der Waals surface area contributed by atoms with Crippen molar-refractivity contribution in [3.8, 4) is 11.5 Å². The summed E-state index contributed by atoms with van der Waals surface area (Å²) in [4.78, 5) is 23.7. The fourth-order valence-electron chi connectivity index (χ4n) is 2.07. The Bertz CT molecular complexity index is 629. The Morgan fingerprint density at radius 2 is 1.89 bits per heavy atom. The first-order valence-corrected chi connectivity index (χ1v) is 6.04. The molecule has 0 amide bonds. The second-order valence-corrected chi connectivity index (χ2v) is 4.73. The fraction of sp³-hybridized carbons (Fsp3) is 0.357. The molecule has 0 atom stereocenters. The zero-order valence-electron chi connectivity index (χ0n) is 11.1. The highest BCUT2D eigenvalue weighted by molar-refractivity contribution is 5.49. The maximum atomic E-state index is 12.0. The summed E-state index contributed by atoms with van der Waals surface area (Å²) in [7, 11) is 0. The molecule has 18 heavy (non-hydrogen) atoms. The molecule has 2 aromatic rings. The van der Waals surface area contributed by atoms with Crippen LogP contribution in [0.3, 0.4) is 0 Å². The molecule has 2 aromatic heterocycles. The minimum atomic E-state index is -0.0733. The summed E-state index contributed by atoms with van der Waals surface area (Å²) in [5, 5.41) is 0. The van der Waals surface area contributed by atoms with Crippen molar-refractivity contribution in [3.05, 3.63) is 45.5 Å². The molecule has 0 aliphatic heterocycles. The van der Waals surface area contributed by atoms with Gasteiger partial charge in [-0.2, -0.15) is 0 Å². The number of nitrogens with zero attached hydrogens (tertiary/aromatic N) is 2. The van der Waals surface area contributed by atoms with Gasteiger partial charge in [0.15, 0.2) is 5.82 Å². The first-order chi connectivity index (χ1) is 8.49. The number of hydrogen-bond donors (Lipinski definition) is 1. The van der Waals surface area contributed by atoms with Gasteiger partial charge in [0.2, 0.25) is 0 Å². The molecule has 0 spiro atoms. The van der Waals surface area contributed by atoms with Crippen LogP contribution in [0.15, 0.2) is 23.0 Å². The van der Waals surface area contributed by atoms with E-state index in [0.29, 0.717) is 11.5 Å². The van der Waals surface area contributed by atoms with Crippen molar-refractivity contribution in [1.29, 1.82) is 0 Å². The Morgan fingerprint density at radius 1 is 1.17 bits per heavy atom. The number of aromatic amines is 1. The van der Waals surface area contributed by atoms with E-state index in [-0.39, 0.29) is 11.5 Å². The highest BCUT2D eigenvalue weighted by Gasteiger charge is 2.12. The average Bonchev–Trinajstić information content (AvgIpc) is 2.27. The quantitative estimate of drug-likeness (QED) is 0.881. The summed E-state index contributed by atoms with van der Waals surface area (Å²) in [5.74, 6) is 0.700. The molecule has 2 rings (SSSR count). The molecule has 0 saturated heterocycles. The summed E-state index contributed by atoms with van der Waals surface area (Å²) >= 11 is 0. The van der Waals surface area contributed by atoms with Crippen LogP contribution in [-0.4, -0.2) is 15.0 Å². The Hall–Kier alpha value is -1.97. The van der Waals surface area contributed by atoms with Gasteiger partial charge in [0.1, 0.15) is 5.69 Å². The standard InChI is InChI=1S/C14H17N3O/c1-8(2)12-10(4)16-13(17-14(12)18)11-7-5-6-9(3)15-11/h5-8H,1-4H3,(H,16,17,18). The molecule has 0 aliphatic carbocycles. The second kappa shape index (κ2) is 4.72. The molecule has 4 nitrogen and oxygen atoms in total. The number of rotatable bonds is 2. The van der Waals surface area contributed by atoms with Gasteiger partial charge in [-0.05, 0) is 31.9 Å².